The molecule has 0 spiro atoms. The van der Waals surface area contributed by atoms with Crippen LogP contribution in [0.5, 0.6) is 0 Å². The van der Waals surface area contributed by atoms with Crippen molar-refractivity contribution in [2.75, 3.05) is 4.90 Å². The molecule has 5 nitrogen and oxygen atoms in total. The number of pyridine rings is 1. The Labute approximate surface area is 93.3 Å². The van der Waals surface area contributed by atoms with Gasteiger partial charge in [-0.2, -0.15) is 0 Å². The van der Waals surface area contributed by atoms with Gasteiger partial charge in [-0.3, -0.25) is 4.98 Å². The number of anilines is 1. The van der Waals surface area contributed by atoms with Crippen LogP contribution in [0.3, 0.4) is 0 Å². The van der Waals surface area contributed by atoms with Gasteiger partial charge < -0.3 is 16.0 Å². The number of amides is 2. The minimum atomic E-state index is -0.557. The van der Waals surface area contributed by atoms with Crippen molar-refractivity contribution in [2.24, 2.45) is 5.73 Å². The van der Waals surface area contributed by atoms with Gasteiger partial charge >= 0.3 is 6.03 Å². The molecule has 0 saturated heterocycles. The molecule has 1 aliphatic heterocycles. The van der Waals surface area contributed by atoms with E-state index >= 15 is 0 Å². The minimum Gasteiger partial charge on any atom is -0.352 e. The smallest absolute Gasteiger partial charge is 0.314 e. The van der Waals surface area contributed by atoms with E-state index in [1.54, 1.807) is 12.4 Å². The molecule has 2 amide bonds. The second-order valence-electron chi connectivity index (χ2n) is 3.30. The molecule has 0 saturated carbocycles. The highest BCUT2D eigenvalue weighted by Crippen LogP contribution is 2.17. The third kappa shape index (κ3) is 2.20. The van der Waals surface area contributed by atoms with E-state index in [-0.39, 0.29) is 6.17 Å². The zero-order chi connectivity index (χ0) is 11.4. The van der Waals surface area contributed by atoms with E-state index in [1.807, 2.05) is 41.5 Å². The van der Waals surface area contributed by atoms with E-state index in [0.29, 0.717) is 0 Å². The monoisotopic (exact) mass is 216 g/mol. The molecule has 5 heteroatoms. The van der Waals surface area contributed by atoms with Crippen molar-refractivity contribution in [1.29, 1.82) is 0 Å². The number of allylic oxidation sites excluding steroid dienone is 2. The zero-order valence-electron chi connectivity index (χ0n) is 8.58. The Kier molecular flexibility index (Phi) is 2.86. The molecule has 1 aliphatic rings. The maximum absolute atomic E-state index is 10.9. The predicted molar refractivity (Wildman–Crippen MR) is 61.5 cm³/mol. The van der Waals surface area contributed by atoms with Crippen LogP contribution in [0.4, 0.5) is 10.5 Å². The first-order valence-electron chi connectivity index (χ1n) is 4.87. The first kappa shape index (κ1) is 10.2. The summed E-state index contributed by atoms with van der Waals surface area (Å²) in [5, 5.41) is 2.63. The van der Waals surface area contributed by atoms with Gasteiger partial charge in [-0.05, 0) is 24.3 Å². The highest BCUT2D eigenvalue weighted by Gasteiger charge is 2.16. The number of nitrogens with zero attached hydrogens (tertiary/aromatic N) is 2. The summed E-state index contributed by atoms with van der Waals surface area (Å²) >= 11 is 0. The number of rotatable bonds is 2. The Bertz CT molecular complexity index is 427. The molecule has 0 bridgehead atoms. The highest BCUT2D eigenvalue weighted by molar-refractivity contribution is 5.73. The second kappa shape index (κ2) is 4.48. The molecule has 2 rings (SSSR count). The summed E-state index contributed by atoms with van der Waals surface area (Å²) in [6.07, 6.45) is 10.6. The van der Waals surface area contributed by atoms with E-state index in [1.165, 1.54) is 0 Å². The van der Waals surface area contributed by atoms with Crippen molar-refractivity contribution in [3.8, 4) is 0 Å². The molecule has 2 heterocycles. The van der Waals surface area contributed by atoms with E-state index < -0.39 is 6.03 Å². The van der Waals surface area contributed by atoms with E-state index in [0.717, 1.165) is 5.69 Å². The van der Waals surface area contributed by atoms with Crippen molar-refractivity contribution in [1.82, 2.24) is 10.3 Å². The number of carbonyl (C=O) groups is 1. The van der Waals surface area contributed by atoms with Crippen LogP contribution in [-0.4, -0.2) is 17.2 Å². The summed E-state index contributed by atoms with van der Waals surface area (Å²) < 4.78 is 0. The average Bonchev–Trinajstić information content (AvgIpc) is 2.30. The molecule has 82 valence electrons. The maximum Gasteiger partial charge on any atom is 0.314 e. The predicted octanol–water partition coefficient (Wildman–Crippen LogP) is 0.966. The maximum atomic E-state index is 10.9. The Morgan fingerprint density at radius 3 is 3.06 bits per heavy atom. The van der Waals surface area contributed by atoms with E-state index in [2.05, 4.69) is 10.3 Å². The number of hydrogen-bond donors (Lipinski definition) is 2. The largest absolute Gasteiger partial charge is 0.352 e. The first-order valence-corrected chi connectivity index (χ1v) is 4.87. The molecule has 0 radical (unpaired) electrons. The van der Waals surface area contributed by atoms with Crippen LogP contribution in [0, 0.1) is 0 Å². The lowest BCUT2D eigenvalue weighted by molar-refractivity contribution is 0.247. The first-order chi connectivity index (χ1) is 7.77. The highest BCUT2D eigenvalue weighted by atomic mass is 16.2. The molecule has 3 N–H and O–H groups in total. The standard InChI is InChI=1S/C11H12N4O/c12-11(16)14-10-5-1-2-7-15(10)9-4-3-6-13-8-9/h1-8,10H,(H3,12,14,16). The number of carbonyl (C=O) groups excluding carboxylic acids is 1. The summed E-state index contributed by atoms with van der Waals surface area (Å²) in [7, 11) is 0. The second-order valence-corrected chi connectivity index (χ2v) is 3.30. The number of urea groups is 1. The molecule has 1 atom stereocenters. The molecule has 0 aromatic carbocycles. The van der Waals surface area contributed by atoms with Crippen molar-refractivity contribution in [2.45, 2.75) is 6.17 Å². The van der Waals surface area contributed by atoms with Crippen molar-refractivity contribution < 1.29 is 4.79 Å². The molecule has 0 aliphatic carbocycles. The van der Waals surface area contributed by atoms with Crippen LogP contribution >= 0.6 is 0 Å². The molecule has 1 aromatic heterocycles. The summed E-state index contributed by atoms with van der Waals surface area (Å²) in [4.78, 5) is 16.8. The van der Waals surface area contributed by atoms with Gasteiger partial charge in [-0.1, -0.05) is 6.08 Å². The topological polar surface area (TPSA) is 71.2 Å². The SMILES string of the molecule is NC(=O)NC1C=CC=CN1c1cccnc1. The lowest BCUT2D eigenvalue weighted by Gasteiger charge is -2.29. The summed E-state index contributed by atoms with van der Waals surface area (Å²) in [6, 6.07) is 3.19. The summed E-state index contributed by atoms with van der Waals surface area (Å²) in [6.45, 7) is 0. The van der Waals surface area contributed by atoms with Crippen LogP contribution in [0.15, 0.2) is 49.0 Å². The molecule has 1 aromatic rings. The van der Waals surface area contributed by atoms with Gasteiger partial charge in [-0.25, -0.2) is 4.79 Å². The average molecular weight is 216 g/mol. The molecular formula is C11H12N4O. The Morgan fingerprint density at radius 1 is 1.50 bits per heavy atom. The Balaban J connectivity index is 2.21. The Hall–Kier alpha value is -2.30. The van der Waals surface area contributed by atoms with Crippen LogP contribution in [0.1, 0.15) is 0 Å². The number of nitrogens with one attached hydrogen (secondary N) is 1. The van der Waals surface area contributed by atoms with Gasteiger partial charge in [0.25, 0.3) is 0 Å². The number of nitrogens with two attached hydrogens (primary N) is 1. The van der Waals surface area contributed by atoms with Gasteiger partial charge in [0.1, 0.15) is 6.17 Å². The third-order valence-corrected chi connectivity index (χ3v) is 2.19. The third-order valence-electron chi connectivity index (χ3n) is 2.19. The van der Waals surface area contributed by atoms with E-state index in [4.69, 9.17) is 5.73 Å². The van der Waals surface area contributed by atoms with Gasteiger partial charge in [0.2, 0.25) is 0 Å². The van der Waals surface area contributed by atoms with Crippen molar-refractivity contribution >= 4 is 11.7 Å². The fraction of sp³-hybridized carbons (Fsp3) is 0.0909. The van der Waals surface area contributed by atoms with Gasteiger partial charge in [0.05, 0.1) is 11.9 Å². The van der Waals surface area contributed by atoms with Crippen molar-refractivity contribution in [3.05, 3.63) is 49.0 Å². The number of hydrogen-bond acceptors (Lipinski definition) is 3. The summed E-state index contributed by atoms with van der Waals surface area (Å²) in [5.41, 5.74) is 6.00. The fourth-order valence-electron chi connectivity index (χ4n) is 1.51. The molecule has 16 heavy (non-hydrogen) atoms. The number of primary amides is 1. The van der Waals surface area contributed by atoms with Crippen LogP contribution in [-0.2, 0) is 0 Å². The minimum absolute atomic E-state index is 0.272. The van der Waals surface area contributed by atoms with Gasteiger partial charge in [0.15, 0.2) is 0 Å². The van der Waals surface area contributed by atoms with Crippen LogP contribution < -0.4 is 16.0 Å². The lowest BCUT2D eigenvalue weighted by atomic mass is 10.2. The van der Waals surface area contributed by atoms with Crippen molar-refractivity contribution in [3.63, 3.8) is 0 Å². The molecular weight excluding hydrogens is 204 g/mol. The normalized spacial score (nSPS) is 18.5. The molecule has 0 fully saturated rings. The Morgan fingerprint density at radius 2 is 2.38 bits per heavy atom. The molecule has 1 unspecified atom stereocenters. The van der Waals surface area contributed by atoms with Gasteiger partial charge in [0, 0.05) is 12.4 Å². The van der Waals surface area contributed by atoms with E-state index in [9.17, 15) is 4.79 Å². The fourth-order valence-corrected chi connectivity index (χ4v) is 1.51. The van der Waals surface area contributed by atoms with Crippen LogP contribution in [0.25, 0.3) is 0 Å². The zero-order valence-corrected chi connectivity index (χ0v) is 8.58. The number of aromatic nitrogens is 1. The summed E-state index contributed by atoms with van der Waals surface area (Å²) in [5.74, 6) is 0. The lowest BCUT2D eigenvalue weighted by Crippen LogP contribution is -2.47. The van der Waals surface area contributed by atoms with Gasteiger partial charge in [-0.15, -0.1) is 0 Å². The van der Waals surface area contributed by atoms with Crippen LogP contribution in [0.2, 0.25) is 0 Å². The quantitative estimate of drug-likeness (QED) is 0.773.